The van der Waals surface area contributed by atoms with Gasteiger partial charge in [0, 0.05) is 19.7 Å². The fraction of sp³-hybridized carbons (Fsp3) is 0.538. The summed E-state index contributed by atoms with van der Waals surface area (Å²) in [5, 5.41) is 3.36. The molecule has 0 aromatic heterocycles. The van der Waals surface area contributed by atoms with Gasteiger partial charge in [-0.15, -0.1) is 0 Å². The van der Waals surface area contributed by atoms with E-state index in [9.17, 15) is 4.39 Å². The van der Waals surface area contributed by atoms with E-state index in [0.717, 1.165) is 17.5 Å². The number of halogens is 1. The third-order valence-corrected chi connectivity index (χ3v) is 2.75. The van der Waals surface area contributed by atoms with Gasteiger partial charge < -0.3 is 10.1 Å². The van der Waals surface area contributed by atoms with Crippen LogP contribution in [0, 0.1) is 12.7 Å². The third kappa shape index (κ3) is 3.91. The molecule has 0 fully saturated rings. The zero-order valence-electron chi connectivity index (χ0n) is 10.2. The van der Waals surface area contributed by atoms with Crippen LogP contribution in [0.3, 0.4) is 0 Å². The van der Waals surface area contributed by atoms with Crippen LogP contribution in [-0.2, 0) is 11.3 Å². The predicted octanol–water partition coefficient (Wildman–Crippen LogP) is 2.65. The number of benzene rings is 1. The summed E-state index contributed by atoms with van der Waals surface area (Å²) in [5.74, 6) is -0.179. The van der Waals surface area contributed by atoms with Crippen LogP contribution in [0.25, 0.3) is 0 Å². The van der Waals surface area contributed by atoms with Gasteiger partial charge in [0.1, 0.15) is 5.82 Å². The molecule has 90 valence electrons. The molecule has 0 spiro atoms. The summed E-state index contributed by atoms with van der Waals surface area (Å²) in [6.45, 7) is 5.47. The van der Waals surface area contributed by atoms with Crippen molar-refractivity contribution in [3.05, 3.63) is 35.1 Å². The van der Waals surface area contributed by atoms with Crippen molar-refractivity contribution in [2.45, 2.75) is 32.9 Å². The van der Waals surface area contributed by atoms with Gasteiger partial charge in [0.25, 0.3) is 0 Å². The molecule has 1 rings (SSSR count). The van der Waals surface area contributed by atoms with Crippen LogP contribution in [0.2, 0.25) is 0 Å². The molecule has 1 aromatic rings. The normalized spacial score (nSPS) is 12.8. The minimum Gasteiger partial charge on any atom is -0.383 e. The maximum atomic E-state index is 13.0. The van der Waals surface area contributed by atoms with Crippen molar-refractivity contribution in [3.8, 4) is 0 Å². The highest BCUT2D eigenvalue weighted by molar-refractivity contribution is 5.26. The van der Waals surface area contributed by atoms with Gasteiger partial charge in [-0.25, -0.2) is 4.39 Å². The fourth-order valence-electron chi connectivity index (χ4n) is 1.61. The second-order valence-electron chi connectivity index (χ2n) is 4.01. The molecule has 0 heterocycles. The van der Waals surface area contributed by atoms with Gasteiger partial charge in [-0.05, 0) is 36.6 Å². The Labute approximate surface area is 96.8 Å². The lowest BCUT2D eigenvalue weighted by molar-refractivity contribution is 0.164. The molecule has 1 N–H and O–H groups in total. The second kappa shape index (κ2) is 6.61. The lowest BCUT2D eigenvalue weighted by atomic mass is 10.1. The Bertz CT molecular complexity index is 328. The zero-order valence-corrected chi connectivity index (χ0v) is 10.2. The Morgan fingerprint density at radius 1 is 1.44 bits per heavy atom. The van der Waals surface area contributed by atoms with Crippen molar-refractivity contribution in [2.75, 3.05) is 13.7 Å². The van der Waals surface area contributed by atoms with Crippen LogP contribution in [0.15, 0.2) is 18.2 Å². The minimum atomic E-state index is -0.179. The topological polar surface area (TPSA) is 21.3 Å². The first-order valence-electron chi connectivity index (χ1n) is 5.64. The van der Waals surface area contributed by atoms with Crippen molar-refractivity contribution >= 4 is 0 Å². The summed E-state index contributed by atoms with van der Waals surface area (Å²) < 4.78 is 18.1. The van der Waals surface area contributed by atoms with E-state index in [0.29, 0.717) is 19.2 Å². The maximum Gasteiger partial charge on any atom is 0.123 e. The SMILES string of the molecule is CCC(COC)NCc1cc(F)ccc1C. The van der Waals surface area contributed by atoms with E-state index in [1.54, 1.807) is 13.2 Å². The van der Waals surface area contributed by atoms with Crippen LogP contribution < -0.4 is 5.32 Å². The fourth-order valence-corrected chi connectivity index (χ4v) is 1.61. The largest absolute Gasteiger partial charge is 0.383 e. The van der Waals surface area contributed by atoms with E-state index in [4.69, 9.17) is 4.74 Å². The highest BCUT2D eigenvalue weighted by Gasteiger charge is 2.06. The molecule has 0 bridgehead atoms. The molecule has 0 radical (unpaired) electrons. The monoisotopic (exact) mass is 225 g/mol. The zero-order chi connectivity index (χ0) is 12.0. The summed E-state index contributed by atoms with van der Waals surface area (Å²) in [4.78, 5) is 0. The van der Waals surface area contributed by atoms with Crippen LogP contribution >= 0.6 is 0 Å². The van der Waals surface area contributed by atoms with Gasteiger partial charge >= 0.3 is 0 Å². The molecule has 0 aliphatic rings. The van der Waals surface area contributed by atoms with Gasteiger partial charge in [-0.1, -0.05) is 13.0 Å². The molecule has 1 unspecified atom stereocenters. The third-order valence-electron chi connectivity index (χ3n) is 2.75. The summed E-state index contributed by atoms with van der Waals surface area (Å²) in [6, 6.07) is 5.21. The number of methoxy groups -OCH3 is 1. The molecular formula is C13H20FNO. The van der Waals surface area contributed by atoms with Crippen molar-refractivity contribution in [2.24, 2.45) is 0 Å². The summed E-state index contributed by atoms with van der Waals surface area (Å²) in [5.41, 5.74) is 2.12. The maximum absolute atomic E-state index is 13.0. The second-order valence-corrected chi connectivity index (χ2v) is 4.01. The van der Waals surface area contributed by atoms with E-state index in [1.807, 2.05) is 13.0 Å². The van der Waals surface area contributed by atoms with E-state index >= 15 is 0 Å². The van der Waals surface area contributed by atoms with Gasteiger partial charge in [-0.2, -0.15) is 0 Å². The Hall–Kier alpha value is -0.930. The molecule has 0 saturated carbocycles. The number of nitrogens with one attached hydrogen (secondary N) is 1. The molecule has 1 atom stereocenters. The van der Waals surface area contributed by atoms with E-state index in [2.05, 4.69) is 12.2 Å². The summed E-state index contributed by atoms with van der Waals surface area (Å²) >= 11 is 0. The van der Waals surface area contributed by atoms with Gasteiger partial charge in [-0.3, -0.25) is 0 Å². The predicted molar refractivity (Wildman–Crippen MR) is 63.9 cm³/mol. The van der Waals surface area contributed by atoms with Crippen LogP contribution in [0.1, 0.15) is 24.5 Å². The van der Waals surface area contributed by atoms with Crippen molar-refractivity contribution in [1.82, 2.24) is 5.32 Å². The Balaban J connectivity index is 2.55. The average molecular weight is 225 g/mol. The Morgan fingerprint density at radius 2 is 2.19 bits per heavy atom. The lowest BCUT2D eigenvalue weighted by Crippen LogP contribution is -2.32. The quantitative estimate of drug-likeness (QED) is 0.803. The van der Waals surface area contributed by atoms with E-state index < -0.39 is 0 Å². The first-order valence-corrected chi connectivity index (χ1v) is 5.64. The highest BCUT2D eigenvalue weighted by atomic mass is 19.1. The van der Waals surface area contributed by atoms with Gasteiger partial charge in [0.05, 0.1) is 6.61 Å². The number of ether oxygens (including phenoxy) is 1. The molecule has 0 aliphatic carbocycles. The molecule has 0 saturated heterocycles. The van der Waals surface area contributed by atoms with E-state index in [1.165, 1.54) is 6.07 Å². The number of hydrogen-bond donors (Lipinski definition) is 1. The smallest absolute Gasteiger partial charge is 0.123 e. The molecule has 3 heteroatoms. The Morgan fingerprint density at radius 3 is 2.81 bits per heavy atom. The molecule has 0 amide bonds. The van der Waals surface area contributed by atoms with Crippen molar-refractivity contribution < 1.29 is 9.13 Å². The first-order chi connectivity index (χ1) is 7.67. The van der Waals surface area contributed by atoms with Crippen molar-refractivity contribution in [3.63, 3.8) is 0 Å². The van der Waals surface area contributed by atoms with Gasteiger partial charge in [0.15, 0.2) is 0 Å². The summed E-state index contributed by atoms with van der Waals surface area (Å²) in [6.07, 6.45) is 1.00. The lowest BCUT2D eigenvalue weighted by Gasteiger charge is -2.16. The summed E-state index contributed by atoms with van der Waals surface area (Å²) in [7, 11) is 1.69. The number of aryl methyl sites for hydroxylation is 1. The standard InChI is InChI=1S/C13H20FNO/c1-4-13(9-16-3)15-8-11-7-12(14)6-5-10(11)2/h5-7,13,15H,4,8-9H2,1-3H3. The first kappa shape index (κ1) is 13.1. The molecule has 1 aromatic carbocycles. The molecule has 2 nitrogen and oxygen atoms in total. The molecule has 16 heavy (non-hydrogen) atoms. The van der Waals surface area contributed by atoms with Crippen LogP contribution in [0.5, 0.6) is 0 Å². The number of rotatable bonds is 6. The van der Waals surface area contributed by atoms with Crippen LogP contribution in [0.4, 0.5) is 4.39 Å². The minimum absolute atomic E-state index is 0.179. The number of hydrogen-bond acceptors (Lipinski definition) is 2. The van der Waals surface area contributed by atoms with Crippen molar-refractivity contribution in [1.29, 1.82) is 0 Å². The van der Waals surface area contributed by atoms with E-state index in [-0.39, 0.29) is 5.82 Å². The average Bonchev–Trinajstić information content (AvgIpc) is 2.28. The van der Waals surface area contributed by atoms with Crippen LogP contribution in [-0.4, -0.2) is 19.8 Å². The van der Waals surface area contributed by atoms with Gasteiger partial charge in [0.2, 0.25) is 0 Å². The molecular weight excluding hydrogens is 205 g/mol. The molecule has 0 aliphatic heterocycles. The highest BCUT2D eigenvalue weighted by Crippen LogP contribution is 2.10. The Kier molecular flexibility index (Phi) is 5.43.